The number of para-hydroxylation sites is 2. The molecule has 252 valence electrons. The van der Waals surface area contributed by atoms with Crippen LogP contribution in [0.15, 0.2) is 188 Å². The van der Waals surface area contributed by atoms with Crippen LogP contribution in [0.25, 0.3) is 99.7 Å². The lowest BCUT2D eigenvalue weighted by molar-refractivity contribution is 1.13. The molecule has 0 saturated heterocycles. The van der Waals surface area contributed by atoms with Crippen LogP contribution >= 0.6 is 0 Å². The molecule has 0 N–H and O–H groups in total. The smallest absolute Gasteiger partial charge is 0.160 e. The molecule has 11 rings (SSSR count). The predicted octanol–water partition coefficient (Wildman–Crippen LogP) is 12.2. The summed E-state index contributed by atoms with van der Waals surface area (Å²) < 4.78 is 4.77. The molecule has 0 radical (unpaired) electrons. The summed E-state index contributed by atoms with van der Waals surface area (Å²) in [5.41, 5.74) is 11.3. The normalized spacial score (nSPS) is 11.7. The number of hydrogen-bond acceptors (Lipinski definition) is 3. The van der Waals surface area contributed by atoms with Gasteiger partial charge in [-0.3, -0.25) is 4.98 Å². The lowest BCUT2D eigenvalue weighted by Crippen LogP contribution is -2.01. The SMILES string of the molecule is c1ccc(-c2cc(-c3cc(-n4c5ccccc5c5ccccc54)cc(-n4c5ccncc5c5c6ccccc6ccc54)c3)nc(-c3ccccc3)n2)cc1. The van der Waals surface area contributed by atoms with E-state index in [1.165, 1.54) is 26.9 Å². The molecule has 0 aliphatic rings. The summed E-state index contributed by atoms with van der Waals surface area (Å²) in [6, 6.07) is 62.2. The van der Waals surface area contributed by atoms with Crippen molar-refractivity contribution in [3.05, 3.63) is 188 Å². The Morgan fingerprint density at radius 3 is 1.63 bits per heavy atom. The average molecular weight is 690 g/mol. The van der Waals surface area contributed by atoms with E-state index in [1.807, 2.05) is 36.7 Å². The fraction of sp³-hybridized carbons (Fsp3) is 0. The number of nitrogens with zero attached hydrogens (tertiary/aromatic N) is 5. The third-order valence-electron chi connectivity index (χ3n) is 10.6. The van der Waals surface area contributed by atoms with Crippen LogP contribution in [-0.2, 0) is 0 Å². The van der Waals surface area contributed by atoms with E-state index < -0.39 is 0 Å². The quantitative estimate of drug-likeness (QED) is 0.181. The highest BCUT2D eigenvalue weighted by Crippen LogP contribution is 2.40. The highest BCUT2D eigenvalue weighted by Gasteiger charge is 2.20. The maximum absolute atomic E-state index is 5.29. The minimum absolute atomic E-state index is 0.685. The Balaban J connectivity index is 1.26. The number of benzene rings is 7. The Hall–Kier alpha value is -7.37. The molecule has 5 heteroatoms. The van der Waals surface area contributed by atoms with Gasteiger partial charge in [-0.15, -0.1) is 0 Å². The molecule has 11 aromatic rings. The van der Waals surface area contributed by atoms with Gasteiger partial charge in [0, 0.05) is 62.0 Å². The Morgan fingerprint density at radius 1 is 0.370 bits per heavy atom. The van der Waals surface area contributed by atoms with Crippen molar-refractivity contribution in [1.82, 2.24) is 24.1 Å². The first-order valence-corrected chi connectivity index (χ1v) is 18.2. The average Bonchev–Trinajstić information content (AvgIpc) is 3.77. The van der Waals surface area contributed by atoms with Crippen molar-refractivity contribution >= 4 is 54.4 Å². The molecule has 0 amide bonds. The van der Waals surface area contributed by atoms with Crippen LogP contribution in [0.1, 0.15) is 0 Å². The van der Waals surface area contributed by atoms with E-state index in [0.717, 1.165) is 66.9 Å². The van der Waals surface area contributed by atoms with Gasteiger partial charge in [0.2, 0.25) is 0 Å². The molecule has 0 unspecified atom stereocenters. The van der Waals surface area contributed by atoms with Crippen LogP contribution in [0.3, 0.4) is 0 Å². The Morgan fingerprint density at radius 2 is 0.926 bits per heavy atom. The lowest BCUT2D eigenvalue weighted by Gasteiger charge is -2.16. The standard InChI is InChI=1S/C49H31N5/c1-3-14-33(15-4-1)42-30-43(52-49(51-42)34-16-5-2-6-17-34)35-27-36(53-44-21-11-9-19-39(44)40-20-10-12-22-45(40)53)29-37(28-35)54-46-25-26-50-31-41(46)48-38-18-8-7-13-32(38)23-24-47(48)54/h1-31H. The summed E-state index contributed by atoms with van der Waals surface area (Å²) in [5, 5.41) is 7.16. The van der Waals surface area contributed by atoms with Gasteiger partial charge in [0.05, 0.1) is 33.5 Å². The summed E-state index contributed by atoms with van der Waals surface area (Å²) in [4.78, 5) is 15.0. The van der Waals surface area contributed by atoms with Gasteiger partial charge in [-0.1, -0.05) is 127 Å². The third kappa shape index (κ3) is 4.76. The highest BCUT2D eigenvalue weighted by molar-refractivity contribution is 6.21. The van der Waals surface area contributed by atoms with Crippen LogP contribution in [0.2, 0.25) is 0 Å². The predicted molar refractivity (Wildman–Crippen MR) is 222 cm³/mol. The van der Waals surface area contributed by atoms with E-state index in [-0.39, 0.29) is 0 Å². The summed E-state index contributed by atoms with van der Waals surface area (Å²) >= 11 is 0. The summed E-state index contributed by atoms with van der Waals surface area (Å²) in [7, 11) is 0. The summed E-state index contributed by atoms with van der Waals surface area (Å²) in [6.45, 7) is 0. The first-order valence-electron chi connectivity index (χ1n) is 18.2. The summed E-state index contributed by atoms with van der Waals surface area (Å²) in [5.74, 6) is 0.685. The van der Waals surface area contributed by atoms with Crippen molar-refractivity contribution in [2.24, 2.45) is 0 Å². The zero-order valence-corrected chi connectivity index (χ0v) is 29.1. The van der Waals surface area contributed by atoms with Crippen LogP contribution in [0.4, 0.5) is 0 Å². The van der Waals surface area contributed by atoms with Gasteiger partial charge in [-0.25, -0.2) is 9.97 Å². The molecule has 5 nitrogen and oxygen atoms in total. The fourth-order valence-corrected chi connectivity index (χ4v) is 8.18. The van der Waals surface area contributed by atoms with Crippen molar-refractivity contribution in [3.8, 4) is 45.3 Å². The Kier molecular flexibility index (Phi) is 6.79. The first-order chi connectivity index (χ1) is 26.8. The van der Waals surface area contributed by atoms with Crippen molar-refractivity contribution in [2.45, 2.75) is 0 Å². The second-order valence-corrected chi connectivity index (χ2v) is 13.7. The molecular weight excluding hydrogens is 659 g/mol. The van der Waals surface area contributed by atoms with Gasteiger partial charge in [-0.2, -0.15) is 0 Å². The van der Waals surface area contributed by atoms with Crippen LogP contribution in [-0.4, -0.2) is 24.1 Å². The van der Waals surface area contributed by atoms with Crippen LogP contribution < -0.4 is 0 Å². The Bertz CT molecular complexity index is 3100. The molecule has 0 aliphatic carbocycles. The second-order valence-electron chi connectivity index (χ2n) is 13.7. The molecule has 0 aliphatic heterocycles. The largest absolute Gasteiger partial charge is 0.309 e. The van der Waals surface area contributed by atoms with E-state index in [4.69, 9.17) is 9.97 Å². The first kappa shape index (κ1) is 30.3. The van der Waals surface area contributed by atoms with Crippen molar-refractivity contribution in [2.75, 3.05) is 0 Å². The topological polar surface area (TPSA) is 48.5 Å². The molecule has 4 heterocycles. The zero-order chi connectivity index (χ0) is 35.6. The van der Waals surface area contributed by atoms with E-state index >= 15 is 0 Å². The number of pyridine rings is 1. The molecule has 7 aromatic carbocycles. The lowest BCUT2D eigenvalue weighted by atomic mass is 10.0. The van der Waals surface area contributed by atoms with Gasteiger partial charge < -0.3 is 9.13 Å². The number of rotatable bonds is 5. The highest BCUT2D eigenvalue weighted by atomic mass is 15.0. The van der Waals surface area contributed by atoms with Gasteiger partial charge in [0.1, 0.15) is 0 Å². The van der Waals surface area contributed by atoms with E-state index in [0.29, 0.717) is 5.82 Å². The van der Waals surface area contributed by atoms with E-state index in [2.05, 4.69) is 166 Å². The Labute approximate surface area is 311 Å². The third-order valence-corrected chi connectivity index (χ3v) is 10.6. The minimum atomic E-state index is 0.685. The number of aromatic nitrogens is 5. The zero-order valence-electron chi connectivity index (χ0n) is 29.1. The molecule has 0 spiro atoms. The molecule has 4 aromatic heterocycles. The van der Waals surface area contributed by atoms with Crippen molar-refractivity contribution in [1.29, 1.82) is 0 Å². The van der Waals surface area contributed by atoms with Gasteiger partial charge in [0.25, 0.3) is 0 Å². The maximum Gasteiger partial charge on any atom is 0.160 e. The van der Waals surface area contributed by atoms with Crippen LogP contribution in [0, 0.1) is 0 Å². The van der Waals surface area contributed by atoms with E-state index in [1.54, 1.807) is 0 Å². The molecular formula is C49H31N5. The van der Waals surface area contributed by atoms with Gasteiger partial charge in [-0.05, 0) is 59.3 Å². The van der Waals surface area contributed by atoms with Gasteiger partial charge in [0.15, 0.2) is 5.82 Å². The molecule has 0 saturated carbocycles. The minimum Gasteiger partial charge on any atom is -0.309 e. The van der Waals surface area contributed by atoms with Crippen molar-refractivity contribution in [3.63, 3.8) is 0 Å². The molecule has 0 fully saturated rings. The summed E-state index contributed by atoms with van der Waals surface area (Å²) in [6.07, 6.45) is 3.89. The molecule has 0 bridgehead atoms. The molecule has 54 heavy (non-hydrogen) atoms. The second kappa shape index (κ2) is 12.1. The monoisotopic (exact) mass is 689 g/mol. The number of hydrogen-bond donors (Lipinski definition) is 0. The van der Waals surface area contributed by atoms with E-state index in [9.17, 15) is 0 Å². The fourth-order valence-electron chi connectivity index (χ4n) is 8.18. The van der Waals surface area contributed by atoms with Crippen molar-refractivity contribution < 1.29 is 0 Å². The van der Waals surface area contributed by atoms with Crippen LogP contribution in [0.5, 0.6) is 0 Å². The number of fused-ring (bicyclic) bond motifs is 8. The maximum atomic E-state index is 5.29. The van der Waals surface area contributed by atoms with Gasteiger partial charge >= 0.3 is 0 Å². The molecule has 0 atom stereocenters.